The Hall–Kier alpha value is -3.03. The van der Waals surface area contributed by atoms with Crippen molar-refractivity contribution in [3.05, 3.63) is 65.5 Å². The number of aromatic nitrogens is 1. The number of nitrogens with zero attached hydrogens (tertiary/aromatic N) is 2. The molecule has 27 heavy (non-hydrogen) atoms. The molecule has 0 radical (unpaired) electrons. The Balaban J connectivity index is 1.49. The Kier molecular flexibility index (Phi) is 3.77. The van der Waals surface area contributed by atoms with Gasteiger partial charge in [0.05, 0.1) is 31.3 Å². The van der Waals surface area contributed by atoms with Crippen molar-refractivity contribution in [2.24, 2.45) is 0 Å². The normalized spacial score (nSPS) is 13.5. The second-order valence-corrected chi connectivity index (χ2v) is 8.22. The number of carbonyl (C=O) groups excluding carboxylic acids is 2. The molecule has 7 heteroatoms. The summed E-state index contributed by atoms with van der Waals surface area (Å²) < 4.78 is 1.12. The zero-order valence-electron chi connectivity index (χ0n) is 14.0. The smallest absolute Gasteiger partial charge is 0.268 e. The van der Waals surface area contributed by atoms with Gasteiger partial charge in [0.2, 0.25) is 5.91 Å². The van der Waals surface area contributed by atoms with E-state index >= 15 is 0 Å². The second kappa shape index (κ2) is 6.29. The van der Waals surface area contributed by atoms with Crippen molar-refractivity contribution in [2.75, 3.05) is 16.8 Å². The first kappa shape index (κ1) is 16.2. The number of hydrogen-bond donors (Lipinski definition) is 1. The molecule has 132 valence electrons. The third-order valence-corrected chi connectivity index (χ3v) is 6.62. The van der Waals surface area contributed by atoms with E-state index in [-0.39, 0.29) is 18.4 Å². The molecular weight excluding hydrogens is 378 g/mol. The highest BCUT2D eigenvalue weighted by Gasteiger charge is 2.28. The van der Waals surface area contributed by atoms with Crippen LogP contribution in [-0.4, -0.2) is 23.3 Å². The lowest BCUT2D eigenvalue weighted by Gasteiger charge is -2.28. The summed E-state index contributed by atoms with van der Waals surface area (Å²) in [5, 5.41) is 3.70. The summed E-state index contributed by atoms with van der Waals surface area (Å²) in [5.74, 6) is -0.361. The number of rotatable bonds is 2. The maximum Gasteiger partial charge on any atom is 0.268 e. The van der Waals surface area contributed by atoms with Gasteiger partial charge in [-0.3, -0.25) is 14.5 Å². The van der Waals surface area contributed by atoms with Gasteiger partial charge in [-0.15, -0.1) is 22.7 Å². The van der Waals surface area contributed by atoms with E-state index in [9.17, 15) is 9.59 Å². The van der Waals surface area contributed by atoms with Gasteiger partial charge in [-0.05, 0) is 36.4 Å². The zero-order valence-corrected chi connectivity index (χ0v) is 15.6. The Labute approximate surface area is 162 Å². The molecule has 0 saturated heterocycles. The topological polar surface area (TPSA) is 62.3 Å². The minimum absolute atomic E-state index is 0.0181. The summed E-state index contributed by atoms with van der Waals surface area (Å²) in [6.45, 7) is 0.0181. The van der Waals surface area contributed by atoms with Gasteiger partial charge in [0, 0.05) is 0 Å². The number of fused-ring (bicyclic) bond motifs is 2. The second-order valence-electron chi connectivity index (χ2n) is 6.11. The highest BCUT2D eigenvalue weighted by molar-refractivity contribution is 7.26. The fourth-order valence-electron chi connectivity index (χ4n) is 3.09. The van der Waals surface area contributed by atoms with E-state index in [1.165, 1.54) is 16.2 Å². The number of thiophene rings is 1. The molecule has 1 aliphatic rings. The van der Waals surface area contributed by atoms with Gasteiger partial charge in [0.1, 0.15) is 11.6 Å². The van der Waals surface area contributed by atoms with Gasteiger partial charge in [-0.2, -0.15) is 0 Å². The van der Waals surface area contributed by atoms with Gasteiger partial charge in [0.15, 0.2) is 0 Å². The number of benzene rings is 2. The molecule has 1 aliphatic heterocycles. The summed E-state index contributed by atoms with van der Waals surface area (Å²) in [7, 11) is 0. The average Bonchev–Trinajstić information content (AvgIpc) is 3.33. The van der Waals surface area contributed by atoms with Crippen LogP contribution in [0, 0.1) is 0 Å². The van der Waals surface area contributed by atoms with Crippen LogP contribution in [0.1, 0.15) is 9.67 Å². The molecule has 0 aliphatic carbocycles. The SMILES string of the molecule is O=C1CN(C(=O)c2ccc(-c3nc4ccccc4s3)s2)c2ccccc2N1. The van der Waals surface area contributed by atoms with Crippen LogP contribution < -0.4 is 10.2 Å². The van der Waals surface area contributed by atoms with Crippen molar-refractivity contribution >= 4 is 56.1 Å². The van der Waals surface area contributed by atoms with Crippen LogP contribution in [0.15, 0.2) is 60.7 Å². The van der Waals surface area contributed by atoms with Gasteiger partial charge in [-0.1, -0.05) is 24.3 Å². The van der Waals surface area contributed by atoms with Crippen LogP contribution >= 0.6 is 22.7 Å². The summed E-state index contributed by atoms with van der Waals surface area (Å²) in [6, 6.07) is 19.1. The van der Waals surface area contributed by atoms with Crippen LogP contribution in [0.25, 0.3) is 20.1 Å². The molecule has 0 bridgehead atoms. The van der Waals surface area contributed by atoms with Crippen LogP contribution in [0.2, 0.25) is 0 Å². The third-order valence-electron chi connectivity index (χ3n) is 4.34. The molecule has 0 saturated carbocycles. The molecule has 0 fully saturated rings. The molecule has 2 aromatic carbocycles. The minimum atomic E-state index is -0.190. The maximum absolute atomic E-state index is 13.1. The molecular formula is C20H13N3O2S2. The molecule has 5 rings (SSSR count). The lowest BCUT2D eigenvalue weighted by atomic mass is 10.2. The lowest BCUT2D eigenvalue weighted by Crippen LogP contribution is -2.41. The summed E-state index contributed by atoms with van der Waals surface area (Å²) in [5.41, 5.74) is 2.34. The quantitative estimate of drug-likeness (QED) is 0.542. The van der Waals surface area contributed by atoms with E-state index in [0.29, 0.717) is 10.6 Å². The van der Waals surface area contributed by atoms with E-state index in [1.807, 2.05) is 54.6 Å². The van der Waals surface area contributed by atoms with Crippen LogP contribution in [0.3, 0.4) is 0 Å². The van der Waals surface area contributed by atoms with Gasteiger partial charge < -0.3 is 5.32 Å². The van der Waals surface area contributed by atoms with Crippen molar-refractivity contribution in [1.29, 1.82) is 0 Å². The molecule has 5 nitrogen and oxygen atoms in total. The average molecular weight is 391 g/mol. The number of carbonyl (C=O) groups is 2. The number of para-hydroxylation sites is 3. The van der Waals surface area contributed by atoms with Gasteiger partial charge >= 0.3 is 0 Å². The summed E-state index contributed by atoms with van der Waals surface area (Å²) in [4.78, 5) is 32.8. The van der Waals surface area contributed by atoms with Crippen LogP contribution in [-0.2, 0) is 4.79 Å². The third kappa shape index (κ3) is 2.81. The fraction of sp³-hybridized carbons (Fsp3) is 0.0500. The van der Waals surface area contributed by atoms with Crippen LogP contribution in [0.5, 0.6) is 0 Å². The minimum Gasteiger partial charge on any atom is -0.323 e. The number of amides is 2. The predicted octanol–water partition coefficient (Wildman–Crippen LogP) is 4.62. The first-order valence-corrected chi connectivity index (χ1v) is 9.99. The first-order chi connectivity index (χ1) is 13.2. The largest absolute Gasteiger partial charge is 0.323 e. The zero-order chi connectivity index (χ0) is 18.4. The van der Waals surface area contributed by atoms with Crippen molar-refractivity contribution in [1.82, 2.24) is 4.98 Å². The highest BCUT2D eigenvalue weighted by atomic mass is 32.1. The van der Waals surface area contributed by atoms with Crippen molar-refractivity contribution in [2.45, 2.75) is 0 Å². The molecule has 1 N–H and O–H groups in total. The molecule has 0 unspecified atom stereocenters. The standard InChI is InChI=1S/C20H13N3O2S2/c24-18-11-23(14-7-3-1-5-12(14)21-18)20(25)17-10-9-16(26-17)19-22-13-6-2-4-8-15(13)27-19/h1-10H,11H2,(H,21,24). The van der Waals surface area contributed by atoms with E-state index in [4.69, 9.17) is 0 Å². The fourth-order valence-corrected chi connectivity index (χ4v) is 5.07. The molecule has 0 atom stereocenters. The number of thiazole rings is 1. The molecule has 4 aromatic rings. The summed E-state index contributed by atoms with van der Waals surface area (Å²) >= 11 is 3.01. The Morgan fingerprint density at radius 3 is 2.70 bits per heavy atom. The van der Waals surface area contributed by atoms with E-state index < -0.39 is 0 Å². The molecule has 2 aromatic heterocycles. The number of anilines is 2. The van der Waals surface area contributed by atoms with E-state index in [1.54, 1.807) is 17.4 Å². The van der Waals surface area contributed by atoms with Gasteiger partial charge in [-0.25, -0.2) is 4.98 Å². The summed E-state index contributed by atoms with van der Waals surface area (Å²) in [6.07, 6.45) is 0. The molecule has 2 amide bonds. The van der Waals surface area contributed by atoms with Crippen LogP contribution in [0.4, 0.5) is 11.4 Å². The Morgan fingerprint density at radius 1 is 1.00 bits per heavy atom. The van der Waals surface area contributed by atoms with Gasteiger partial charge in [0.25, 0.3) is 5.91 Å². The Morgan fingerprint density at radius 2 is 1.81 bits per heavy atom. The highest BCUT2D eigenvalue weighted by Crippen LogP contribution is 2.36. The first-order valence-electron chi connectivity index (χ1n) is 8.35. The van der Waals surface area contributed by atoms with Crippen molar-refractivity contribution in [3.8, 4) is 9.88 Å². The maximum atomic E-state index is 13.1. The monoisotopic (exact) mass is 391 g/mol. The van der Waals surface area contributed by atoms with Crippen molar-refractivity contribution in [3.63, 3.8) is 0 Å². The van der Waals surface area contributed by atoms with Crippen molar-refractivity contribution < 1.29 is 9.59 Å². The lowest BCUT2D eigenvalue weighted by molar-refractivity contribution is -0.115. The number of hydrogen-bond acceptors (Lipinski definition) is 5. The van der Waals surface area contributed by atoms with E-state index in [2.05, 4.69) is 10.3 Å². The molecule has 3 heterocycles. The van der Waals surface area contributed by atoms with E-state index in [0.717, 1.165) is 25.8 Å². The molecule has 0 spiro atoms. The Bertz CT molecular complexity index is 1160. The number of nitrogens with one attached hydrogen (secondary N) is 1. The predicted molar refractivity (Wildman–Crippen MR) is 110 cm³/mol.